The predicted octanol–water partition coefficient (Wildman–Crippen LogP) is 1.89. The smallest absolute Gasteiger partial charge is 0.331 e. The van der Waals surface area contributed by atoms with Crippen LogP contribution >= 0.6 is 11.6 Å². The minimum Gasteiger partial charge on any atom is -0.495 e. The monoisotopic (exact) mass is 272 g/mol. The molecule has 1 aromatic carbocycles. The number of urea groups is 1. The number of methoxy groups -OCH3 is 1. The van der Waals surface area contributed by atoms with Gasteiger partial charge in [-0.15, -0.1) is 0 Å². The van der Waals surface area contributed by atoms with E-state index in [1.165, 1.54) is 25.1 Å². The van der Waals surface area contributed by atoms with Crippen LogP contribution in [0, 0.1) is 5.82 Å². The average molecular weight is 273 g/mol. The highest BCUT2D eigenvalue weighted by atomic mass is 35.5. The molecular formula is C11H10ClFN2O3. The van der Waals surface area contributed by atoms with Gasteiger partial charge in [0.05, 0.1) is 17.8 Å². The van der Waals surface area contributed by atoms with Gasteiger partial charge in [0.2, 0.25) is 0 Å². The Hall–Kier alpha value is -1.82. The molecule has 7 heteroatoms. The Morgan fingerprint density at radius 2 is 2.06 bits per heavy atom. The molecule has 0 bridgehead atoms. The van der Waals surface area contributed by atoms with Crippen LogP contribution in [0.15, 0.2) is 12.1 Å². The average Bonchev–Trinajstić information content (AvgIpc) is 2.55. The Bertz CT molecular complexity index is 535. The number of hydrogen-bond donors (Lipinski definition) is 0. The molecule has 0 saturated carbocycles. The summed E-state index contributed by atoms with van der Waals surface area (Å²) in [5.41, 5.74) is -0.157. The first kappa shape index (κ1) is 12.6. The zero-order chi connectivity index (χ0) is 13.4. The number of hydrogen-bond acceptors (Lipinski definition) is 3. The first-order valence-corrected chi connectivity index (χ1v) is 5.44. The summed E-state index contributed by atoms with van der Waals surface area (Å²) in [5.74, 6) is -1.05. The molecule has 1 aliphatic rings. The fourth-order valence-corrected chi connectivity index (χ4v) is 1.93. The van der Waals surface area contributed by atoms with Crippen LogP contribution in [-0.2, 0) is 4.79 Å². The van der Waals surface area contributed by atoms with Crippen molar-refractivity contribution in [2.45, 2.75) is 0 Å². The number of benzene rings is 1. The molecule has 0 unspecified atom stereocenters. The number of amides is 3. The quantitative estimate of drug-likeness (QED) is 0.773. The molecule has 1 aliphatic heterocycles. The number of halogens is 2. The molecule has 18 heavy (non-hydrogen) atoms. The van der Waals surface area contributed by atoms with Crippen LogP contribution in [0.1, 0.15) is 0 Å². The van der Waals surface area contributed by atoms with Crippen molar-refractivity contribution in [3.63, 3.8) is 0 Å². The van der Waals surface area contributed by atoms with E-state index in [9.17, 15) is 14.0 Å². The second-order valence-electron chi connectivity index (χ2n) is 3.81. The van der Waals surface area contributed by atoms with Gasteiger partial charge < -0.3 is 9.64 Å². The summed E-state index contributed by atoms with van der Waals surface area (Å²) in [5, 5.41) is 0.0752. The lowest BCUT2D eigenvalue weighted by atomic mass is 10.2. The van der Waals surface area contributed by atoms with Crippen LogP contribution in [0.3, 0.4) is 0 Å². The van der Waals surface area contributed by atoms with Crippen molar-refractivity contribution in [3.8, 4) is 5.75 Å². The molecule has 5 nitrogen and oxygen atoms in total. The number of likely N-dealkylation sites (N-methyl/N-ethyl adjacent to an activating group) is 1. The topological polar surface area (TPSA) is 49.9 Å². The summed E-state index contributed by atoms with van der Waals surface area (Å²) >= 11 is 5.75. The maximum atomic E-state index is 13.8. The Morgan fingerprint density at radius 3 is 2.56 bits per heavy atom. The van der Waals surface area contributed by atoms with Gasteiger partial charge in [-0.1, -0.05) is 11.6 Å². The van der Waals surface area contributed by atoms with Crippen LogP contribution in [0.25, 0.3) is 0 Å². The van der Waals surface area contributed by atoms with Gasteiger partial charge in [0.25, 0.3) is 5.91 Å². The van der Waals surface area contributed by atoms with Crippen LogP contribution in [0.2, 0.25) is 5.02 Å². The van der Waals surface area contributed by atoms with Gasteiger partial charge in [0.1, 0.15) is 18.1 Å². The fraction of sp³-hybridized carbons (Fsp3) is 0.273. The molecule has 1 fully saturated rings. The number of anilines is 1. The number of imide groups is 1. The molecule has 3 amide bonds. The van der Waals surface area contributed by atoms with Crippen molar-refractivity contribution in [2.24, 2.45) is 0 Å². The zero-order valence-corrected chi connectivity index (χ0v) is 10.5. The largest absolute Gasteiger partial charge is 0.495 e. The maximum absolute atomic E-state index is 13.8. The minimum absolute atomic E-state index is 0.0752. The van der Waals surface area contributed by atoms with Gasteiger partial charge in [-0.25, -0.2) is 14.1 Å². The van der Waals surface area contributed by atoms with E-state index in [4.69, 9.17) is 16.3 Å². The molecule has 0 N–H and O–H groups in total. The van der Waals surface area contributed by atoms with E-state index in [1.807, 2.05) is 0 Å². The number of ether oxygens (including phenoxy) is 1. The lowest BCUT2D eigenvalue weighted by Gasteiger charge is -2.16. The van der Waals surface area contributed by atoms with Gasteiger partial charge in [0.15, 0.2) is 0 Å². The highest BCUT2D eigenvalue weighted by molar-refractivity contribution is 6.32. The predicted molar refractivity (Wildman–Crippen MR) is 63.5 cm³/mol. The SMILES string of the molecule is COc1cc(N2C(=O)CN(C)C2=O)c(F)cc1Cl. The molecule has 1 aromatic rings. The van der Waals surface area contributed by atoms with Gasteiger partial charge in [-0.2, -0.15) is 0 Å². The molecule has 0 radical (unpaired) electrons. The highest BCUT2D eigenvalue weighted by Crippen LogP contribution is 2.33. The Balaban J connectivity index is 2.51. The summed E-state index contributed by atoms with van der Waals surface area (Å²) in [6.07, 6.45) is 0. The lowest BCUT2D eigenvalue weighted by molar-refractivity contribution is -0.116. The third kappa shape index (κ3) is 1.88. The van der Waals surface area contributed by atoms with Crippen LogP contribution in [0.4, 0.5) is 14.9 Å². The third-order valence-corrected chi connectivity index (χ3v) is 2.90. The van der Waals surface area contributed by atoms with Crippen molar-refractivity contribution in [1.29, 1.82) is 0 Å². The van der Waals surface area contributed by atoms with Gasteiger partial charge in [0, 0.05) is 13.1 Å². The first-order chi connectivity index (χ1) is 8.45. The third-order valence-electron chi connectivity index (χ3n) is 2.60. The fourth-order valence-electron chi connectivity index (χ4n) is 1.70. The van der Waals surface area contributed by atoms with Gasteiger partial charge in [-0.3, -0.25) is 4.79 Å². The van der Waals surface area contributed by atoms with Crippen molar-refractivity contribution >= 4 is 29.2 Å². The van der Waals surface area contributed by atoms with Crippen LogP contribution < -0.4 is 9.64 Å². The van der Waals surface area contributed by atoms with E-state index in [0.717, 1.165) is 11.0 Å². The van der Waals surface area contributed by atoms with E-state index in [0.29, 0.717) is 0 Å². The molecule has 0 aliphatic carbocycles. The summed E-state index contributed by atoms with van der Waals surface area (Å²) in [7, 11) is 2.83. The molecule has 96 valence electrons. The second kappa shape index (κ2) is 4.45. The molecule has 2 rings (SSSR count). The number of nitrogens with zero attached hydrogens (tertiary/aromatic N) is 2. The van der Waals surface area contributed by atoms with Crippen molar-refractivity contribution in [3.05, 3.63) is 23.0 Å². The zero-order valence-electron chi connectivity index (χ0n) is 9.74. The van der Waals surface area contributed by atoms with Crippen molar-refractivity contribution in [2.75, 3.05) is 25.6 Å². The van der Waals surface area contributed by atoms with E-state index < -0.39 is 17.8 Å². The van der Waals surface area contributed by atoms with Gasteiger partial charge in [-0.05, 0) is 6.07 Å². The van der Waals surface area contributed by atoms with E-state index in [-0.39, 0.29) is 23.0 Å². The van der Waals surface area contributed by atoms with Crippen LogP contribution in [-0.4, -0.2) is 37.5 Å². The lowest BCUT2D eigenvalue weighted by Crippen LogP contribution is -2.32. The van der Waals surface area contributed by atoms with Crippen molar-refractivity contribution < 1.29 is 18.7 Å². The highest BCUT2D eigenvalue weighted by Gasteiger charge is 2.36. The van der Waals surface area contributed by atoms with Crippen LogP contribution in [0.5, 0.6) is 5.75 Å². The van der Waals surface area contributed by atoms with Crippen molar-refractivity contribution in [1.82, 2.24) is 4.90 Å². The first-order valence-electron chi connectivity index (χ1n) is 5.06. The Kier molecular flexibility index (Phi) is 3.13. The Labute approximate surface area is 108 Å². The molecular weight excluding hydrogens is 263 g/mol. The summed E-state index contributed by atoms with van der Waals surface area (Å²) in [6.45, 7) is -0.0801. The number of carbonyl (C=O) groups excluding carboxylic acids is 2. The van der Waals surface area contributed by atoms with E-state index in [1.54, 1.807) is 0 Å². The van der Waals surface area contributed by atoms with E-state index in [2.05, 4.69) is 0 Å². The minimum atomic E-state index is -0.752. The molecule has 0 atom stereocenters. The summed E-state index contributed by atoms with van der Waals surface area (Å²) < 4.78 is 18.7. The standard InChI is InChI=1S/C11H10ClFN2O3/c1-14-5-10(16)15(11(14)17)8-4-9(18-2)6(12)3-7(8)13/h3-4H,5H2,1-2H3. The van der Waals surface area contributed by atoms with E-state index >= 15 is 0 Å². The Morgan fingerprint density at radius 1 is 1.39 bits per heavy atom. The van der Waals surface area contributed by atoms with Gasteiger partial charge >= 0.3 is 6.03 Å². The second-order valence-corrected chi connectivity index (χ2v) is 4.21. The molecule has 1 saturated heterocycles. The molecule has 0 spiro atoms. The number of rotatable bonds is 2. The summed E-state index contributed by atoms with van der Waals surface area (Å²) in [4.78, 5) is 25.4. The maximum Gasteiger partial charge on any atom is 0.331 e. The summed E-state index contributed by atoms with van der Waals surface area (Å²) in [6, 6.07) is 1.66. The normalized spacial score (nSPS) is 15.6. The molecule has 1 heterocycles. The molecule has 0 aromatic heterocycles. The number of carbonyl (C=O) groups is 2.